The van der Waals surface area contributed by atoms with Crippen molar-refractivity contribution in [2.75, 3.05) is 52.5 Å². The number of ether oxygens (including phenoxy) is 1. The van der Waals surface area contributed by atoms with Gasteiger partial charge in [-0.15, -0.1) is 0 Å². The Morgan fingerprint density at radius 1 is 0.952 bits per heavy atom. The fraction of sp³-hybridized carbons (Fsp3) is 0.543. The maximum absolute atomic E-state index is 13.1. The number of nitrogens with zero attached hydrogens (tertiary/aromatic N) is 2. The molecule has 0 aromatic heterocycles. The Balaban J connectivity index is 1.14. The molecule has 0 bridgehead atoms. The number of rotatable bonds is 8. The van der Waals surface area contributed by atoms with Crippen LogP contribution in [0, 0.1) is 24.7 Å². The zero-order chi connectivity index (χ0) is 29.5. The predicted molar refractivity (Wildman–Crippen MR) is 170 cm³/mol. The highest BCUT2D eigenvalue weighted by atomic mass is 35.5. The molecule has 2 amide bonds. The Morgan fingerprint density at radius 3 is 2.38 bits per heavy atom. The molecule has 2 aliphatic heterocycles. The molecule has 2 saturated heterocycles. The van der Waals surface area contributed by atoms with E-state index in [1.54, 1.807) is 12.1 Å². The van der Waals surface area contributed by atoms with Gasteiger partial charge in [0.25, 0.3) is 11.8 Å². The number of piperidine rings is 1. The molecule has 2 atom stereocenters. The van der Waals surface area contributed by atoms with Crippen molar-refractivity contribution in [2.45, 2.75) is 52.4 Å². The number of hydrogen-bond acceptors (Lipinski definition) is 4. The summed E-state index contributed by atoms with van der Waals surface area (Å²) in [5.74, 6) is 2.04. The topological polar surface area (TPSA) is 61.9 Å². The van der Waals surface area contributed by atoms with Gasteiger partial charge in [0.1, 0.15) is 0 Å². The number of morpholine rings is 1. The van der Waals surface area contributed by atoms with Crippen molar-refractivity contribution in [1.82, 2.24) is 15.1 Å². The molecular formula is C35H46ClN3O3. The maximum Gasteiger partial charge on any atom is 0.253 e. The molecule has 5 rings (SSSR count). The number of hydrogen-bond donors (Lipinski definition) is 1. The SMILES string of the molecule is Cc1cc2c(cc1C(=O)NCCN1CCOCC1)=CCC(CCC1CCN(C(=O)c3ccc(Cl)cc3)CC1)C(C)CC=2. The Bertz CT molecular complexity index is 1340. The maximum atomic E-state index is 13.1. The molecule has 0 radical (unpaired) electrons. The number of likely N-dealkylation sites (tertiary alicyclic amines) is 1. The molecule has 226 valence electrons. The fourth-order valence-electron chi connectivity index (χ4n) is 6.66. The van der Waals surface area contributed by atoms with Gasteiger partial charge in [-0.2, -0.15) is 0 Å². The van der Waals surface area contributed by atoms with Crippen LogP contribution >= 0.6 is 11.6 Å². The first-order valence-electron chi connectivity index (χ1n) is 15.8. The molecule has 0 spiro atoms. The molecule has 2 fully saturated rings. The van der Waals surface area contributed by atoms with E-state index in [-0.39, 0.29) is 11.8 Å². The molecule has 2 unspecified atom stereocenters. The van der Waals surface area contributed by atoms with E-state index in [1.807, 2.05) is 24.0 Å². The lowest BCUT2D eigenvalue weighted by molar-refractivity contribution is 0.0383. The second kappa shape index (κ2) is 14.7. The van der Waals surface area contributed by atoms with E-state index in [0.29, 0.717) is 29.3 Å². The summed E-state index contributed by atoms with van der Waals surface area (Å²) in [6.45, 7) is 11.0. The van der Waals surface area contributed by atoms with Gasteiger partial charge in [-0.05, 0) is 103 Å². The van der Waals surface area contributed by atoms with Crippen LogP contribution in [0.15, 0.2) is 36.4 Å². The first-order chi connectivity index (χ1) is 20.4. The molecule has 7 heteroatoms. The van der Waals surface area contributed by atoms with Crippen LogP contribution in [0.5, 0.6) is 0 Å². The van der Waals surface area contributed by atoms with E-state index in [1.165, 1.54) is 23.3 Å². The lowest BCUT2D eigenvalue weighted by Gasteiger charge is -2.33. The van der Waals surface area contributed by atoms with Crippen LogP contribution in [0.25, 0.3) is 12.2 Å². The van der Waals surface area contributed by atoms with Crippen molar-refractivity contribution >= 4 is 35.6 Å². The van der Waals surface area contributed by atoms with Crippen LogP contribution in [0.3, 0.4) is 0 Å². The van der Waals surface area contributed by atoms with E-state index in [9.17, 15) is 9.59 Å². The van der Waals surface area contributed by atoms with Crippen LogP contribution in [0.4, 0.5) is 0 Å². The average Bonchev–Trinajstić information content (AvgIpc) is 3.00. The summed E-state index contributed by atoms with van der Waals surface area (Å²) >= 11 is 5.99. The van der Waals surface area contributed by atoms with Crippen LogP contribution in [0.2, 0.25) is 5.02 Å². The summed E-state index contributed by atoms with van der Waals surface area (Å²) in [6.07, 6.45) is 11.4. The van der Waals surface area contributed by atoms with Crippen LogP contribution in [0.1, 0.15) is 71.7 Å². The Morgan fingerprint density at radius 2 is 1.64 bits per heavy atom. The Kier molecular flexibility index (Phi) is 10.8. The molecule has 2 aromatic carbocycles. The van der Waals surface area contributed by atoms with Crippen LogP contribution in [-0.2, 0) is 4.74 Å². The number of benzene rings is 2. The van der Waals surface area contributed by atoms with Crippen molar-refractivity contribution in [3.63, 3.8) is 0 Å². The van der Waals surface area contributed by atoms with Crippen molar-refractivity contribution in [3.8, 4) is 0 Å². The molecule has 2 heterocycles. The third-order valence-corrected chi connectivity index (χ3v) is 9.84. The van der Waals surface area contributed by atoms with Crippen LogP contribution in [-0.4, -0.2) is 74.1 Å². The minimum absolute atomic E-state index is 0.0184. The lowest BCUT2D eigenvalue weighted by Crippen LogP contribution is -2.41. The second-order valence-corrected chi connectivity index (χ2v) is 12.9. The van der Waals surface area contributed by atoms with E-state index in [4.69, 9.17) is 16.3 Å². The predicted octanol–water partition coefficient (Wildman–Crippen LogP) is 4.65. The summed E-state index contributed by atoms with van der Waals surface area (Å²) in [7, 11) is 0. The number of halogens is 1. The number of carbonyl (C=O) groups is 2. The lowest BCUT2D eigenvalue weighted by atomic mass is 9.80. The molecular weight excluding hydrogens is 546 g/mol. The van der Waals surface area contributed by atoms with E-state index in [2.05, 4.69) is 41.4 Å². The first-order valence-corrected chi connectivity index (χ1v) is 16.2. The number of fused-ring (bicyclic) bond motifs is 1. The zero-order valence-electron chi connectivity index (χ0n) is 25.2. The smallest absolute Gasteiger partial charge is 0.253 e. The second-order valence-electron chi connectivity index (χ2n) is 12.4. The summed E-state index contributed by atoms with van der Waals surface area (Å²) < 4.78 is 5.42. The van der Waals surface area contributed by atoms with Crippen molar-refractivity contribution in [3.05, 3.63) is 68.5 Å². The van der Waals surface area contributed by atoms with E-state index < -0.39 is 0 Å². The number of aryl methyl sites for hydroxylation is 1. The zero-order valence-corrected chi connectivity index (χ0v) is 26.0. The van der Waals surface area contributed by atoms with Crippen molar-refractivity contribution in [2.24, 2.45) is 17.8 Å². The molecule has 6 nitrogen and oxygen atoms in total. The van der Waals surface area contributed by atoms with E-state index >= 15 is 0 Å². The molecule has 0 saturated carbocycles. The highest BCUT2D eigenvalue weighted by Gasteiger charge is 2.25. The fourth-order valence-corrected chi connectivity index (χ4v) is 6.79. The minimum atomic E-state index is 0.0184. The molecule has 1 N–H and O–H groups in total. The van der Waals surface area contributed by atoms with Gasteiger partial charge < -0.3 is 15.0 Å². The Labute approximate surface area is 255 Å². The molecule has 1 aliphatic carbocycles. The third-order valence-electron chi connectivity index (χ3n) is 9.59. The third kappa shape index (κ3) is 8.03. The largest absolute Gasteiger partial charge is 0.379 e. The first kappa shape index (κ1) is 30.8. The van der Waals surface area contributed by atoms with Crippen molar-refractivity contribution in [1.29, 1.82) is 0 Å². The summed E-state index contributed by atoms with van der Waals surface area (Å²) in [5, 5.41) is 6.23. The van der Waals surface area contributed by atoms with Gasteiger partial charge in [0.15, 0.2) is 0 Å². The van der Waals surface area contributed by atoms with Gasteiger partial charge >= 0.3 is 0 Å². The van der Waals surface area contributed by atoms with Crippen molar-refractivity contribution < 1.29 is 14.3 Å². The Hall–Kier alpha value is -2.67. The molecule has 3 aliphatic rings. The van der Waals surface area contributed by atoms with Gasteiger partial charge in [-0.25, -0.2) is 0 Å². The standard InChI is InChI=1S/C35H46ClN3O3/c1-25-3-5-30-23-26(2)33(34(40)37-15-18-38-19-21-42-22-20-38)24-31(30)8-7-28(25)6-4-27-13-16-39(17-14-27)35(41)29-9-11-32(36)12-10-29/h5,8-12,23-25,27-28H,3-4,6-7,13-22H2,1-2H3,(H,37,40). The van der Waals surface area contributed by atoms with E-state index in [0.717, 1.165) is 88.3 Å². The summed E-state index contributed by atoms with van der Waals surface area (Å²) in [6, 6.07) is 11.5. The summed E-state index contributed by atoms with van der Waals surface area (Å²) in [5.41, 5.74) is 2.54. The van der Waals surface area contributed by atoms with Gasteiger partial charge in [0.2, 0.25) is 0 Å². The molecule has 42 heavy (non-hydrogen) atoms. The van der Waals surface area contributed by atoms with Gasteiger partial charge in [-0.3, -0.25) is 14.5 Å². The monoisotopic (exact) mass is 591 g/mol. The summed E-state index contributed by atoms with van der Waals surface area (Å²) in [4.78, 5) is 30.3. The quantitative estimate of drug-likeness (QED) is 0.485. The van der Waals surface area contributed by atoms with Gasteiger partial charge in [0.05, 0.1) is 13.2 Å². The number of nitrogens with one attached hydrogen (secondary N) is 1. The highest BCUT2D eigenvalue weighted by Crippen LogP contribution is 2.31. The van der Waals surface area contributed by atoms with Gasteiger partial charge in [-0.1, -0.05) is 43.2 Å². The number of amides is 2. The normalized spacial score (nSPS) is 21.8. The van der Waals surface area contributed by atoms with Gasteiger partial charge in [0, 0.05) is 55.4 Å². The highest BCUT2D eigenvalue weighted by molar-refractivity contribution is 6.30. The van der Waals surface area contributed by atoms with Crippen LogP contribution < -0.4 is 15.8 Å². The minimum Gasteiger partial charge on any atom is -0.379 e. The number of carbonyl (C=O) groups excluding carboxylic acids is 2. The molecule has 2 aromatic rings. The average molecular weight is 592 g/mol.